The van der Waals surface area contributed by atoms with Crippen molar-refractivity contribution < 1.29 is 19.1 Å². The van der Waals surface area contributed by atoms with Gasteiger partial charge < -0.3 is 9.64 Å². The maximum Gasteiger partial charge on any atom is 0.339 e. The molecule has 1 aliphatic heterocycles. The van der Waals surface area contributed by atoms with E-state index in [4.69, 9.17) is 4.74 Å². The highest BCUT2D eigenvalue weighted by atomic mass is 16.5. The molecular weight excluding hydrogens is 402 g/mol. The molecule has 4 rings (SSSR count). The average molecular weight is 428 g/mol. The predicted molar refractivity (Wildman–Crippen MR) is 121 cm³/mol. The van der Waals surface area contributed by atoms with Crippen LogP contribution in [0.25, 0.3) is 0 Å². The fourth-order valence-corrected chi connectivity index (χ4v) is 3.93. The van der Waals surface area contributed by atoms with Crippen molar-refractivity contribution in [2.75, 3.05) is 6.54 Å². The Kier molecular flexibility index (Phi) is 6.17. The highest BCUT2D eigenvalue weighted by molar-refractivity contribution is 6.14. The molecule has 0 spiro atoms. The first-order chi connectivity index (χ1) is 15.4. The van der Waals surface area contributed by atoms with Crippen LogP contribution in [0, 0.1) is 6.92 Å². The lowest BCUT2D eigenvalue weighted by Crippen LogP contribution is -2.42. The van der Waals surface area contributed by atoms with E-state index in [-0.39, 0.29) is 22.8 Å². The van der Waals surface area contributed by atoms with Crippen LogP contribution < -0.4 is 0 Å². The number of hydrogen-bond acceptors (Lipinski definition) is 4. The van der Waals surface area contributed by atoms with E-state index in [0.29, 0.717) is 18.7 Å². The van der Waals surface area contributed by atoms with E-state index < -0.39 is 12.1 Å². The van der Waals surface area contributed by atoms with Crippen LogP contribution in [0.4, 0.5) is 0 Å². The van der Waals surface area contributed by atoms with Crippen LogP contribution in [-0.4, -0.2) is 35.2 Å². The molecule has 1 amide bonds. The monoisotopic (exact) mass is 427 g/mol. The highest BCUT2D eigenvalue weighted by Crippen LogP contribution is 2.21. The Bertz CT molecular complexity index is 1170. The topological polar surface area (TPSA) is 63.7 Å². The maximum absolute atomic E-state index is 13.0. The standard InChI is InChI=1S/C27H25NO4/c1-18-11-13-21(14-12-18)25(29)23-9-5-6-10-24(23)27(31)32-19(2)26(30)28-16-15-20-7-3-4-8-22(20)17-28/h3-14,19H,15-17H2,1-2H3. The van der Waals surface area contributed by atoms with Crippen LogP contribution in [-0.2, 0) is 22.5 Å². The number of carbonyl (C=O) groups excluding carboxylic acids is 3. The van der Waals surface area contributed by atoms with Crippen molar-refractivity contribution in [1.82, 2.24) is 4.90 Å². The van der Waals surface area contributed by atoms with Crippen LogP contribution in [0.15, 0.2) is 72.8 Å². The van der Waals surface area contributed by atoms with E-state index in [2.05, 4.69) is 6.07 Å². The van der Waals surface area contributed by atoms with Crippen LogP contribution in [0.1, 0.15) is 49.9 Å². The van der Waals surface area contributed by atoms with Gasteiger partial charge in [0.05, 0.1) is 5.56 Å². The minimum atomic E-state index is -0.949. The molecule has 3 aromatic carbocycles. The average Bonchev–Trinajstić information content (AvgIpc) is 2.83. The van der Waals surface area contributed by atoms with Gasteiger partial charge in [-0.15, -0.1) is 0 Å². The SMILES string of the molecule is Cc1ccc(C(=O)c2ccccc2C(=O)OC(C)C(=O)N2CCc3ccccc3C2)cc1. The molecule has 0 saturated carbocycles. The number of esters is 1. The van der Waals surface area contributed by atoms with Gasteiger partial charge in [-0.1, -0.05) is 72.3 Å². The van der Waals surface area contributed by atoms with Crippen molar-refractivity contribution in [3.05, 3.63) is 106 Å². The van der Waals surface area contributed by atoms with Gasteiger partial charge in [0.2, 0.25) is 0 Å². The van der Waals surface area contributed by atoms with Gasteiger partial charge in [-0.05, 0) is 37.5 Å². The zero-order chi connectivity index (χ0) is 22.7. The first-order valence-corrected chi connectivity index (χ1v) is 10.7. The van der Waals surface area contributed by atoms with E-state index in [1.54, 1.807) is 48.2 Å². The number of benzene rings is 3. The Balaban J connectivity index is 1.48. The fourth-order valence-electron chi connectivity index (χ4n) is 3.93. The lowest BCUT2D eigenvalue weighted by Gasteiger charge is -2.30. The third-order valence-corrected chi connectivity index (χ3v) is 5.78. The van der Waals surface area contributed by atoms with Gasteiger partial charge >= 0.3 is 5.97 Å². The molecule has 1 aliphatic rings. The summed E-state index contributed by atoms with van der Waals surface area (Å²) in [6.07, 6.45) is -0.175. The number of amides is 1. The van der Waals surface area contributed by atoms with E-state index in [1.807, 2.05) is 37.3 Å². The van der Waals surface area contributed by atoms with Crippen molar-refractivity contribution >= 4 is 17.7 Å². The van der Waals surface area contributed by atoms with Gasteiger partial charge in [-0.2, -0.15) is 0 Å². The van der Waals surface area contributed by atoms with Gasteiger partial charge in [0.1, 0.15) is 0 Å². The molecule has 5 heteroatoms. The minimum Gasteiger partial charge on any atom is -0.449 e. The number of hydrogen-bond donors (Lipinski definition) is 0. The number of ether oxygens (including phenoxy) is 1. The molecule has 5 nitrogen and oxygen atoms in total. The lowest BCUT2D eigenvalue weighted by atomic mass is 9.97. The Hall–Kier alpha value is -3.73. The second-order valence-corrected chi connectivity index (χ2v) is 8.07. The number of aryl methyl sites for hydroxylation is 1. The first-order valence-electron chi connectivity index (χ1n) is 10.7. The Morgan fingerprint density at radius 2 is 1.47 bits per heavy atom. The fraction of sp³-hybridized carbons (Fsp3) is 0.222. The number of ketones is 1. The molecular formula is C27H25NO4. The summed E-state index contributed by atoms with van der Waals surface area (Å²) in [5.41, 5.74) is 4.30. The summed E-state index contributed by atoms with van der Waals surface area (Å²) in [4.78, 5) is 40.5. The molecule has 32 heavy (non-hydrogen) atoms. The Morgan fingerprint density at radius 3 is 2.19 bits per heavy atom. The quantitative estimate of drug-likeness (QED) is 0.448. The smallest absolute Gasteiger partial charge is 0.339 e. The number of carbonyl (C=O) groups is 3. The van der Waals surface area contributed by atoms with Crippen molar-refractivity contribution in [3.63, 3.8) is 0 Å². The van der Waals surface area contributed by atoms with Crippen molar-refractivity contribution in [2.45, 2.75) is 32.9 Å². The van der Waals surface area contributed by atoms with Crippen molar-refractivity contribution in [1.29, 1.82) is 0 Å². The van der Waals surface area contributed by atoms with Gasteiger partial charge in [0.15, 0.2) is 11.9 Å². The van der Waals surface area contributed by atoms with Crippen LogP contribution in [0.2, 0.25) is 0 Å². The molecule has 1 atom stereocenters. The van der Waals surface area contributed by atoms with E-state index in [0.717, 1.165) is 17.5 Å². The third kappa shape index (κ3) is 4.47. The predicted octanol–water partition coefficient (Wildman–Crippen LogP) is 4.36. The van der Waals surface area contributed by atoms with Crippen molar-refractivity contribution in [3.8, 4) is 0 Å². The van der Waals surface area contributed by atoms with Gasteiger partial charge in [-0.25, -0.2) is 4.79 Å². The molecule has 3 aromatic rings. The van der Waals surface area contributed by atoms with Crippen LogP contribution in [0.3, 0.4) is 0 Å². The summed E-state index contributed by atoms with van der Waals surface area (Å²) in [5.74, 6) is -1.18. The summed E-state index contributed by atoms with van der Waals surface area (Å²) >= 11 is 0. The molecule has 0 aromatic heterocycles. The molecule has 0 aliphatic carbocycles. The lowest BCUT2D eigenvalue weighted by molar-refractivity contribution is -0.140. The Morgan fingerprint density at radius 1 is 0.844 bits per heavy atom. The van der Waals surface area contributed by atoms with E-state index >= 15 is 0 Å². The molecule has 0 saturated heterocycles. The maximum atomic E-state index is 13.0. The second-order valence-electron chi connectivity index (χ2n) is 8.07. The highest BCUT2D eigenvalue weighted by Gasteiger charge is 2.28. The third-order valence-electron chi connectivity index (χ3n) is 5.78. The molecule has 0 radical (unpaired) electrons. The summed E-state index contributed by atoms with van der Waals surface area (Å²) in [6, 6.07) is 21.8. The summed E-state index contributed by atoms with van der Waals surface area (Å²) < 4.78 is 5.50. The van der Waals surface area contributed by atoms with Crippen molar-refractivity contribution in [2.24, 2.45) is 0 Å². The largest absolute Gasteiger partial charge is 0.449 e. The number of nitrogens with zero attached hydrogens (tertiary/aromatic N) is 1. The van der Waals surface area contributed by atoms with Gasteiger partial charge in [-0.3, -0.25) is 9.59 Å². The summed E-state index contributed by atoms with van der Waals surface area (Å²) in [6.45, 7) is 4.60. The van der Waals surface area contributed by atoms with E-state index in [9.17, 15) is 14.4 Å². The van der Waals surface area contributed by atoms with Crippen LogP contribution in [0.5, 0.6) is 0 Å². The molecule has 0 bridgehead atoms. The summed E-state index contributed by atoms with van der Waals surface area (Å²) in [7, 11) is 0. The number of rotatable bonds is 5. The van der Waals surface area contributed by atoms with Gasteiger partial charge in [0.25, 0.3) is 5.91 Å². The molecule has 1 heterocycles. The number of fused-ring (bicyclic) bond motifs is 1. The molecule has 162 valence electrons. The Labute approximate surface area is 187 Å². The van der Waals surface area contributed by atoms with Crippen LogP contribution >= 0.6 is 0 Å². The zero-order valence-corrected chi connectivity index (χ0v) is 18.2. The minimum absolute atomic E-state index is 0.154. The summed E-state index contributed by atoms with van der Waals surface area (Å²) in [5, 5.41) is 0. The van der Waals surface area contributed by atoms with E-state index in [1.165, 1.54) is 5.56 Å². The molecule has 1 unspecified atom stereocenters. The molecule has 0 fully saturated rings. The normalized spacial score (nSPS) is 13.8. The second kappa shape index (κ2) is 9.18. The zero-order valence-electron chi connectivity index (χ0n) is 18.2. The molecule has 0 N–H and O–H groups in total. The first kappa shape index (κ1) is 21.5. The van der Waals surface area contributed by atoms with Gasteiger partial charge in [0, 0.05) is 24.2 Å².